The van der Waals surface area contributed by atoms with E-state index >= 15 is 0 Å². The molecule has 1 heterocycles. The van der Waals surface area contributed by atoms with Gasteiger partial charge in [-0.15, -0.1) is 0 Å². The number of hydrogen-bond acceptors (Lipinski definition) is 6. The van der Waals surface area contributed by atoms with Crippen LogP contribution in [0.3, 0.4) is 0 Å². The first kappa shape index (κ1) is 21.7. The summed E-state index contributed by atoms with van der Waals surface area (Å²) < 4.78 is 34.6. The number of aromatic nitrogens is 2. The standard InChI is InChI=1S/C24H24N4O3S/c1-28(2)21-8-4-7-20-19(21)6-5-9-22(20)32(29,30)27-24-23(25-14-15-26-24)18-12-10-17(11-13-18)16-31-3/h4-15H,16H2,1-3H3,(H,26,27). The first-order valence-corrected chi connectivity index (χ1v) is 11.5. The van der Waals surface area contributed by atoms with Gasteiger partial charge in [-0.3, -0.25) is 9.71 Å². The van der Waals surface area contributed by atoms with Gasteiger partial charge in [0.25, 0.3) is 10.0 Å². The normalized spacial score (nSPS) is 11.5. The van der Waals surface area contributed by atoms with Crippen LogP contribution in [0.2, 0.25) is 0 Å². The van der Waals surface area contributed by atoms with Gasteiger partial charge >= 0.3 is 0 Å². The molecule has 7 nitrogen and oxygen atoms in total. The van der Waals surface area contributed by atoms with Crippen LogP contribution >= 0.6 is 0 Å². The fourth-order valence-corrected chi connectivity index (χ4v) is 4.86. The van der Waals surface area contributed by atoms with Gasteiger partial charge in [0.05, 0.1) is 11.5 Å². The highest BCUT2D eigenvalue weighted by atomic mass is 32.2. The van der Waals surface area contributed by atoms with Gasteiger partial charge in [0.15, 0.2) is 5.82 Å². The van der Waals surface area contributed by atoms with Gasteiger partial charge in [0.1, 0.15) is 5.69 Å². The molecule has 8 heteroatoms. The number of fused-ring (bicyclic) bond motifs is 1. The van der Waals surface area contributed by atoms with Crippen LogP contribution in [-0.4, -0.2) is 39.6 Å². The van der Waals surface area contributed by atoms with E-state index in [0.717, 1.165) is 22.2 Å². The number of sulfonamides is 1. The molecular weight excluding hydrogens is 424 g/mol. The number of benzene rings is 3. The van der Waals surface area contributed by atoms with Crippen molar-refractivity contribution in [2.45, 2.75) is 11.5 Å². The lowest BCUT2D eigenvalue weighted by Gasteiger charge is -2.17. The summed E-state index contributed by atoms with van der Waals surface area (Å²) in [5, 5.41) is 1.49. The number of nitrogens with one attached hydrogen (secondary N) is 1. The van der Waals surface area contributed by atoms with E-state index in [1.807, 2.05) is 67.5 Å². The molecule has 0 saturated carbocycles. The van der Waals surface area contributed by atoms with Crippen LogP contribution in [0.1, 0.15) is 5.56 Å². The summed E-state index contributed by atoms with van der Waals surface area (Å²) in [6, 6.07) is 18.5. The lowest BCUT2D eigenvalue weighted by atomic mass is 10.1. The molecule has 4 aromatic rings. The van der Waals surface area contributed by atoms with Crippen LogP contribution in [0.5, 0.6) is 0 Å². The molecule has 0 spiro atoms. The second-order valence-electron chi connectivity index (χ2n) is 7.51. The molecule has 4 rings (SSSR count). The lowest BCUT2D eigenvalue weighted by molar-refractivity contribution is 0.185. The van der Waals surface area contributed by atoms with E-state index in [9.17, 15) is 8.42 Å². The molecule has 0 aliphatic rings. The highest BCUT2D eigenvalue weighted by Gasteiger charge is 2.21. The average Bonchev–Trinajstić information content (AvgIpc) is 2.79. The van der Waals surface area contributed by atoms with Crippen molar-refractivity contribution in [3.8, 4) is 11.3 Å². The first-order valence-electron chi connectivity index (χ1n) is 10.0. The van der Waals surface area contributed by atoms with E-state index in [-0.39, 0.29) is 10.7 Å². The van der Waals surface area contributed by atoms with Crippen LogP contribution in [0.4, 0.5) is 11.5 Å². The number of hydrogen-bond donors (Lipinski definition) is 1. The Bertz CT molecular complexity index is 1350. The minimum absolute atomic E-state index is 0.174. The fraction of sp³-hybridized carbons (Fsp3) is 0.167. The predicted molar refractivity (Wildman–Crippen MR) is 127 cm³/mol. The van der Waals surface area contributed by atoms with Gasteiger partial charge in [0.2, 0.25) is 0 Å². The zero-order valence-corrected chi connectivity index (χ0v) is 18.9. The Hall–Kier alpha value is -3.49. The first-order chi connectivity index (χ1) is 15.4. The van der Waals surface area contributed by atoms with Crippen LogP contribution in [0.15, 0.2) is 78.0 Å². The monoisotopic (exact) mass is 448 g/mol. The summed E-state index contributed by atoms with van der Waals surface area (Å²) in [4.78, 5) is 10.8. The Balaban J connectivity index is 1.75. The van der Waals surface area contributed by atoms with Gasteiger partial charge in [-0.1, -0.05) is 48.5 Å². The number of methoxy groups -OCH3 is 1. The summed E-state index contributed by atoms with van der Waals surface area (Å²) in [5.41, 5.74) is 3.16. The molecule has 0 unspecified atom stereocenters. The quantitative estimate of drug-likeness (QED) is 0.454. The molecule has 0 radical (unpaired) electrons. The summed E-state index contributed by atoms with van der Waals surface area (Å²) in [6.07, 6.45) is 3.01. The number of anilines is 2. The smallest absolute Gasteiger partial charge is 0.263 e. The predicted octanol–water partition coefficient (Wildman–Crippen LogP) is 4.31. The van der Waals surface area contributed by atoms with Crippen LogP contribution in [0, 0.1) is 0 Å². The van der Waals surface area contributed by atoms with Crippen molar-refractivity contribution >= 4 is 32.3 Å². The zero-order valence-electron chi connectivity index (χ0n) is 18.1. The van der Waals surface area contributed by atoms with Gasteiger partial charge in [-0.2, -0.15) is 0 Å². The Morgan fingerprint density at radius 2 is 1.59 bits per heavy atom. The molecule has 32 heavy (non-hydrogen) atoms. The molecule has 164 valence electrons. The van der Waals surface area contributed by atoms with E-state index in [0.29, 0.717) is 17.7 Å². The second kappa shape index (κ2) is 8.94. The Labute approximate surface area is 187 Å². The maximum atomic E-state index is 13.4. The summed E-state index contributed by atoms with van der Waals surface area (Å²) in [6.45, 7) is 0.496. The van der Waals surface area contributed by atoms with Gasteiger partial charge in [-0.05, 0) is 17.7 Å². The molecular formula is C24H24N4O3S. The van der Waals surface area contributed by atoms with E-state index in [2.05, 4.69) is 14.7 Å². The SMILES string of the molecule is COCc1ccc(-c2nccnc2NS(=O)(=O)c2cccc3c(N(C)C)cccc23)cc1. The van der Waals surface area contributed by atoms with Crippen LogP contribution in [0.25, 0.3) is 22.0 Å². The molecule has 0 amide bonds. The van der Waals surface area contributed by atoms with E-state index in [1.54, 1.807) is 19.2 Å². The summed E-state index contributed by atoms with van der Waals surface area (Å²) in [7, 11) is 1.57. The summed E-state index contributed by atoms with van der Waals surface area (Å²) in [5.74, 6) is 0.174. The van der Waals surface area contributed by atoms with Crippen molar-refractivity contribution in [2.24, 2.45) is 0 Å². The van der Waals surface area contributed by atoms with E-state index < -0.39 is 10.0 Å². The van der Waals surface area contributed by atoms with Crippen molar-refractivity contribution in [3.05, 3.63) is 78.6 Å². The van der Waals surface area contributed by atoms with Crippen LogP contribution < -0.4 is 9.62 Å². The van der Waals surface area contributed by atoms with Crippen molar-refractivity contribution in [1.82, 2.24) is 9.97 Å². The highest BCUT2D eigenvalue weighted by Crippen LogP contribution is 2.32. The molecule has 0 aliphatic carbocycles. The topological polar surface area (TPSA) is 84.4 Å². The maximum Gasteiger partial charge on any atom is 0.263 e. The van der Waals surface area contributed by atoms with Gasteiger partial charge in [0, 0.05) is 55.6 Å². The number of rotatable bonds is 7. The molecule has 0 saturated heterocycles. The maximum absolute atomic E-state index is 13.4. The Morgan fingerprint density at radius 3 is 2.31 bits per heavy atom. The lowest BCUT2D eigenvalue weighted by Crippen LogP contribution is -2.16. The molecule has 0 atom stereocenters. The molecule has 3 aromatic carbocycles. The fourth-order valence-electron chi connectivity index (χ4n) is 3.62. The number of nitrogens with zero attached hydrogens (tertiary/aromatic N) is 3. The molecule has 1 N–H and O–H groups in total. The Morgan fingerprint density at radius 1 is 0.906 bits per heavy atom. The molecule has 0 aliphatic heterocycles. The van der Waals surface area contributed by atoms with E-state index in [1.165, 1.54) is 12.4 Å². The van der Waals surface area contributed by atoms with Gasteiger partial charge < -0.3 is 9.64 Å². The van der Waals surface area contributed by atoms with Crippen molar-refractivity contribution in [1.29, 1.82) is 0 Å². The third-order valence-electron chi connectivity index (χ3n) is 5.10. The summed E-state index contributed by atoms with van der Waals surface area (Å²) >= 11 is 0. The average molecular weight is 449 g/mol. The molecule has 1 aromatic heterocycles. The third-order valence-corrected chi connectivity index (χ3v) is 6.50. The third kappa shape index (κ3) is 4.28. The van der Waals surface area contributed by atoms with Gasteiger partial charge in [-0.25, -0.2) is 13.4 Å². The van der Waals surface area contributed by atoms with Crippen LogP contribution in [-0.2, 0) is 21.4 Å². The minimum Gasteiger partial charge on any atom is -0.380 e. The second-order valence-corrected chi connectivity index (χ2v) is 9.16. The van der Waals surface area contributed by atoms with Crippen molar-refractivity contribution in [3.63, 3.8) is 0 Å². The molecule has 0 fully saturated rings. The number of ether oxygens (including phenoxy) is 1. The van der Waals surface area contributed by atoms with Crippen molar-refractivity contribution < 1.29 is 13.2 Å². The largest absolute Gasteiger partial charge is 0.380 e. The van der Waals surface area contributed by atoms with Crippen molar-refractivity contribution in [2.75, 3.05) is 30.8 Å². The van der Waals surface area contributed by atoms with E-state index in [4.69, 9.17) is 4.74 Å². The molecule has 0 bridgehead atoms. The zero-order chi connectivity index (χ0) is 22.7. The minimum atomic E-state index is -3.92. The Kier molecular flexibility index (Phi) is 6.07. The highest BCUT2D eigenvalue weighted by molar-refractivity contribution is 7.93.